The number of anilines is 2. The van der Waals surface area contributed by atoms with Gasteiger partial charge in [-0.3, -0.25) is 4.79 Å². The fourth-order valence-corrected chi connectivity index (χ4v) is 1.56. The van der Waals surface area contributed by atoms with E-state index in [2.05, 4.69) is 20.1 Å². The maximum Gasteiger partial charge on any atom is 0.199 e. The number of hydrogen-bond donors (Lipinski definition) is 3. The van der Waals surface area contributed by atoms with Crippen molar-refractivity contribution < 1.29 is 14.3 Å². The Morgan fingerprint density at radius 1 is 1.36 bits per heavy atom. The van der Waals surface area contributed by atoms with Crippen molar-refractivity contribution in [1.29, 1.82) is 0 Å². The third-order valence-corrected chi connectivity index (χ3v) is 2.62. The number of hydrogen-bond acceptors (Lipinski definition) is 9. The molecule has 1 aromatic heterocycles. The summed E-state index contributed by atoms with van der Waals surface area (Å²) in [6.45, 7) is -0.270. The highest BCUT2D eigenvalue weighted by atomic mass is 16.6. The van der Waals surface area contributed by atoms with Crippen molar-refractivity contribution in [2.24, 2.45) is 10.9 Å². The summed E-state index contributed by atoms with van der Waals surface area (Å²) in [6, 6.07) is 6.48. The van der Waals surface area contributed by atoms with Crippen LogP contribution < -0.4 is 16.9 Å². The Morgan fingerprint density at radius 3 is 2.68 bits per heavy atom. The molecule has 10 heteroatoms. The molecule has 0 saturated heterocycles. The molecule has 0 aliphatic carbocycles. The van der Waals surface area contributed by atoms with Crippen LogP contribution in [-0.2, 0) is 16.1 Å². The Kier molecular flexibility index (Phi) is 4.88. The number of nitrogens with zero attached hydrogens (tertiary/aromatic N) is 3. The minimum absolute atomic E-state index is 0.0248. The molecule has 2 aromatic rings. The maximum absolute atomic E-state index is 11.7. The lowest BCUT2D eigenvalue weighted by Crippen LogP contribution is -2.18. The van der Waals surface area contributed by atoms with Gasteiger partial charge in [0, 0.05) is 12.1 Å². The zero-order valence-corrected chi connectivity index (χ0v) is 11.4. The first kappa shape index (κ1) is 15.3. The minimum Gasteiger partial charge on any atom is -0.761 e. The molecule has 2 rings (SSSR count). The topological polar surface area (TPSA) is 165 Å². The molecule has 22 heavy (non-hydrogen) atoms. The van der Waals surface area contributed by atoms with Crippen LogP contribution in [0.4, 0.5) is 11.5 Å². The maximum atomic E-state index is 11.7. The zero-order chi connectivity index (χ0) is 15.9. The van der Waals surface area contributed by atoms with Gasteiger partial charge in [0.2, 0.25) is 0 Å². The Balaban J connectivity index is 1.83. The van der Waals surface area contributed by atoms with Gasteiger partial charge in [-0.1, -0.05) is 17.3 Å². The smallest absolute Gasteiger partial charge is 0.199 e. The van der Waals surface area contributed by atoms with Gasteiger partial charge >= 0.3 is 0 Å². The SMILES string of the molecule is N/C(=N\OCC(=O)Cc1ccc(N[O-])cc1)c1nonc1N. The summed E-state index contributed by atoms with van der Waals surface area (Å²) in [5.41, 5.74) is 13.9. The van der Waals surface area contributed by atoms with E-state index in [1.165, 1.54) is 0 Å². The predicted octanol–water partition coefficient (Wildman–Crippen LogP) is 0.0102. The Labute approximate surface area is 124 Å². The highest BCUT2D eigenvalue weighted by molar-refractivity contribution is 5.98. The van der Waals surface area contributed by atoms with Gasteiger partial charge in [-0.15, -0.1) is 0 Å². The van der Waals surface area contributed by atoms with Crippen LogP contribution in [0.5, 0.6) is 0 Å². The second-order valence-electron chi connectivity index (χ2n) is 4.26. The molecule has 0 atom stereocenters. The first-order valence-corrected chi connectivity index (χ1v) is 6.12. The quantitative estimate of drug-likeness (QED) is 0.363. The van der Waals surface area contributed by atoms with Crippen molar-refractivity contribution in [1.82, 2.24) is 10.3 Å². The molecule has 0 saturated carbocycles. The van der Waals surface area contributed by atoms with E-state index in [4.69, 9.17) is 16.3 Å². The average Bonchev–Trinajstić information content (AvgIpc) is 2.94. The number of rotatable bonds is 7. The van der Waals surface area contributed by atoms with Gasteiger partial charge < -0.3 is 27.0 Å². The van der Waals surface area contributed by atoms with E-state index in [1.54, 1.807) is 29.7 Å². The molecule has 0 unspecified atom stereocenters. The highest BCUT2D eigenvalue weighted by Gasteiger charge is 2.11. The molecule has 0 fully saturated rings. The molecule has 0 radical (unpaired) electrons. The predicted molar refractivity (Wildman–Crippen MR) is 77.5 cm³/mol. The lowest BCUT2D eigenvalue weighted by molar-refractivity contribution is -0.122. The number of aromatic nitrogens is 2. The lowest BCUT2D eigenvalue weighted by Gasteiger charge is -2.09. The molecule has 1 heterocycles. The highest BCUT2D eigenvalue weighted by Crippen LogP contribution is 2.09. The molecule has 0 amide bonds. The second-order valence-corrected chi connectivity index (χ2v) is 4.26. The summed E-state index contributed by atoms with van der Waals surface area (Å²) in [4.78, 5) is 16.6. The van der Waals surface area contributed by atoms with Gasteiger partial charge in [-0.05, 0) is 28.0 Å². The summed E-state index contributed by atoms with van der Waals surface area (Å²) >= 11 is 0. The number of nitrogens with two attached hydrogens (primary N) is 2. The molecule has 0 bridgehead atoms. The van der Waals surface area contributed by atoms with Gasteiger partial charge in [-0.2, -0.15) is 0 Å². The van der Waals surface area contributed by atoms with Crippen molar-refractivity contribution >= 4 is 23.1 Å². The van der Waals surface area contributed by atoms with Gasteiger partial charge in [0.05, 0.1) is 0 Å². The molecular weight excluding hydrogens is 292 g/mol. The van der Waals surface area contributed by atoms with Crippen molar-refractivity contribution in [3.63, 3.8) is 0 Å². The molecule has 10 nitrogen and oxygen atoms in total. The first-order chi connectivity index (χ1) is 10.6. The Bertz CT molecular complexity index is 667. The standard InChI is InChI=1S/C12H13N6O4/c13-11(10-12(14)18-22-16-10)17-21-6-9(19)5-7-1-3-8(15-20)4-2-7/h1-4,15H,5-6H2,(H2,13,17)(H2,14,18)/q-1. The number of nitrogen functional groups attached to an aromatic ring is 1. The van der Waals surface area contributed by atoms with Crippen LogP contribution in [0.1, 0.15) is 11.3 Å². The molecule has 0 aliphatic heterocycles. The average molecular weight is 305 g/mol. The van der Waals surface area contributed by atoms with Crippen molar-refractivity contribution in [2.45, 2.75) is 6.42 Å². The third kappa shape index (κ3) is 3.93. The van der Waals surface area contributed by atoms with E-state index in [9.17, 15) is 10.0 Å². The van der Waals surface area contributed by atoms with E-state index < -0.39 is 0 Å². The fraction of sp³-hybridized carbons (Fsp3) is 0.167. The third-order valence-electron chi connectivity index (χ3n) is 2.62. The number of Topliss-reactive ketones (excluding diaryl/α,β-unsaturated/α-hetero) is 1. The minimum atomic E-state index is -0.270. The molecule has 116 valence electrons. The van der Waals surface area contributed by atoms with Crippen molar-refractivity contribution in [3.8, 4) is 0 Å². The van der Waals surface area contributed by atoms with Crippen LogP contribution in [0.3, 0.4) is 0 Å². The van der Waals surface area contributed by atoms with Crippen LogP contribution in [0, 0.1) is 5.21 Å². The molecule has 5 N–H and O–H groups in total. The van der Waals surface area contributed by atoms with Crippen LogP contribution in [0.15, 0.2) is 34.1 Å². The monoisotopic (exact) mass is 305 g/mol. The molecule has 0 aliphatic rings. The van der Waals surface area contributed by atoms with E-state index in [1.807, 2.05) is 0 Å². The Hall–Kier alpha value is -3.14. The number of carbonyl (C=O) groups excluding carboxylic acids is 1. The summed E-state index contributed by atoms with van der Waals surface area (Å²) in [6.07, 6.45) is 0.141. The van der Waals surface area contributed by atoms with Gasteiger partial charge in [0.15, 0.2) is 29.7 Å². The van der Waals surface area contributed by atoms with E-state index >= 15 is 0 Å². The summed E-state index contributed by atoms with van der Waals surface area (Å²) in [7, 11) is 0. The van der Waals surface area contributed by atoms with Crippen LogP contribution in [-0.4, -0.2) is 28.5 Å². The van der Waals surface area contributed by atoms with E-state index in [0.717, 1.165) is 5.56 Å². The molecular formula is C12H13N6O4-. The fourth-order valence-electron chi connectivity index (χ4n) is 1.56. The summed E-state index contributed by atoms with van der Waals surface area (Å²) in [5, 5.41) is 20.7. The van der Waals surface area contributed by atoms with Crippen molar-refractivity contribution in [2.75, 3.05) is 17.8 Å². The number of oxime groups is 1. The van der Waals surface area contributed by atoms with Crippen LogP contribution in [0.2, 0.25) is 0 Å². The van der Waals surface area contributed by atoms with E-state index in [0.29, 0.717) is 5.69 Å². The summed E-state index contributed by atoms with van der Waals surface area (Å²) in [5.74, 6) is -0.383. The van der Waals surface area contributed by atoms with Gasteiger partial charge in [0.1, 0.15) is 0 Å². The number of benzene rings is 1. The van der Waals surface area contributed by atoms with Crippen LogP contribution in [0.25, 0.3) is 0 Å². The second kappa shape index (κ2) is 7.04. The number of carbonyl (C=O) groups is 1. The molecule has 0 spiro atoms. The number of ketones is 1. The Morgan fingerprint density at radius 2 is 2.09 bits per heavy atom. The van der Waals surface area contributed by atoms with E-state index in [-0.39, 0.29) is 36.2 Å². The van der Waals surface area contributed by atoms with Gasteiger partial charge in [-0.25, -0.2) is 4.63 Å². The summed E-state index contributed by atoms with van der Waals surface area (Å²) < 4.78 is 4.36. The lowest BCUT2D eigenvalue weighted by atomic mass is 10.1. The normalized spacial score (nSPS) is 11.2. The zero-order valence-electron chi connectivity index (χ0n) is 11.4. The van der Waals surface area contributed by atoms with Gasteiger partial charge in [0.25, 0.3) is 0 Å². The van der Waals surface area contributed by atoms with Crippen molar-refractivity contribution in [3.05, 3.63) is 40.7 Å². The first-order valence-electron chi connectivity index (χ1n) is 6.12. The molecule has 1 aromatic carbocycles. The number of amidine groups is 1. The number of nitrogens with one attached hydrogen (secondary N) is 1. The largest absolute Gasteiger partial charge is 0.761 e. The van der Waals surface area contributed by atoms with Crippen LogP contribution >= 0.6 is 0 Å².